The molecule has 4 N–H and O–H groups in total. The molecule has 1 heterocycles. The number of piperidine rings is 1. The molecule has 0 amide bonds. The third-order valence-corrected chi connectivity index (χ3v) is 2.60. The van der Waals surface area contributed by atoms with Crippen LogP contribution in [0.15, 0.2) is 0 Å². The lowest BCUT2D eigenvalue weighted by Gasteiger charge is -2.34. The van der Waals surface area contributed by atoms with Gasteiger partial charge >= 0.3 is 5.97 Å². The van der Waals surface area contributed by atoms with Gasteiger partial charge in [0.15, 0.2) is 11.3 Å². The van der Waals surface area contributed by atoms with E-state index in [1.165, 1.54) is 6.92 Å². The van der Waals surface area contributed by atoms with E-state index in [1.54, 1.807) is 0 Å². The van der Waals surface area contributed by atoms with Crippen molar-refractivity contribution in [2.24, 2.45) is 5.73 Å². The molecule has 1 fully saturated rings. The molecule has 0 spiro atoms. The van der Waals surface area contributed by atoms with Gasteiger partial charge in [-0.15, -0.1) is 0 Å². The van der Waals surface area contributed by atoms with E-state index < -0.39 is 23.3 Å². The van der Waals surface area contributed by atoms with Gasteiger partial charge in [-0.05, 0) is 32.7 Å². The van der Waals surface area contributed by atoms with Crippen LogP contribution in [0.5, 0.6) is 0 Å². The molecule has 1 rings (SSSR count). The molecule has 5 heteroatoms. The number of ketones is 1. The van der Waals surface area contributed by atoms with Gasteiger partial charge in [0.05, 0.1) is 6.04 Å². The van der Waals surface area contributed by atoms with Crippen LogP contribution in [0.4, 0.5) is 0 Å². The van der Waals surface area contributed by atoms with E-state index in [1.807, 2.05) is 0 Å². The molecule has 1 aliphatic rings. The minimum Gasteiger partial charge on any atom is -0.480 e. The average Bonchev–Trinajstić information content (AvgIpc) is 2.17. The summed E-state index contributed by atoms with van der Waals surface area (Å²) in [6.45, 7) is 2.08. The summed E-state index contributed by atoms with van der Waals surface area (Å²) in [5.74, 6) is -1.54. The molecule has 80 valence electrons. The van der Waals surface area contributed by atoms with E-state index in [4.69, 9.17) is 10.8 Å². The molecule has 0 bridgehead atoms. The predicted molar refractivity (Wildman–Crippen MR) is 50.9 cm³/mol. The molecular weight excluding hydrogens is 184 g/mol. The maximum absolute atomic E-state index is 11.7. The standard InChI is InChI=1S/C9H16N2O3/c1-6(10)7(12)9(8(13)14)4-2-3-5-11-9/h6,11H,2-5,10H2,1H3,(H,13,14)/t6-,9?/m0/s1. The largest absolute Gasteiger partial charge is 0.480 e. The molecule has 0 radical (unpaired) electrons. The predicted octanol–water partition coefficient (Wildman–Crippen LogP) is -0.500. The summed E-state index contributed by atoms with van der Waals surface area (Å²) in [7, 11) is 0. The summed E-state index contributed by atoms with van der Waals surface area (Å²) in [5, 5.41) is 11.9. The molecule has 0 aromatic carbocycles. The highest BCUT2D eigenvalue weighted by molar-refractivity contribution is 6.10. The van der Waals surface area contributed by atoms with Crippen molar-refractivity contribution in [2.75, 3.05) is 6.54 Å². The Balaban J connectivity index is 2.91. The molecule has 1 aliphatic heterocycles. The van der Waals surface area contributed by atoms with Gasteiger partial charge < -0.3 is 10.8 Å². The number of carboxylic acid groups (broad SMARTS) is 1. The van der Waals surface area contributed by atoms with Gasteiger partial charge in [0.25, 0.3) is 0 Å². The number of rotatable bonds is 3. The first-order valence-electron chi connectivity index (χ1n) is 4.79. The average molecular weight is 200 g/mol. The Morgan fingerprint density at radius 1 is 1.50 bits per heavy atom. The number of carboxylic acids is 1. The number of nitrogens with one attached hydrogen (secondary N) is 1. The molecule has 1 unspecified atom stereocenters. The van der Waals surface area contributed by atoms with E-state index in [-0.39, 0.29) is 0 Å². The molecule has 2 atom stereocenters. The highest BCUT2D eigenvalue weighted by atomic mass is 16.4. The Morgan fingerprint density at radius 2 is 2.14 bits per heavy atom. The molecule has 0 aliphatic carbocycles. The number of hydrogen-bond acceptors (Lipinski definition) is 4. The summed E-state index contributed by atoms with van der Waals surface area (Å²) >= 11 is 0. The summed E-state index contributed by atoms with van der Waals surface area (Å²) < 4.78 is 0. The fraction of sp³-hybridized carbons (Fsp3) is 0.778. The summed E-state index contributed by atoms with van der Waals surface area (Å²) in [6.07, 6.45) is 1.99. The van der Waals surface area contributed by atoms with Crippen LogP contribution in [-0.4, -0.2) is 35.0 Å². The van der Waals surface area contributed by atoms with E-state index >= 15 is 0 Å². The molecule has 0 saturated carbocycles. The first-order valence-corrected chi connectivity index (χ1v) is 4.79. The minimum absolute atomic E-state index is 0.336. The van der Waals surface area contributed by atoms with Crippen LogP contribution in [0.25, 0.3) is 0 Å². The van der Waals surface area contributed by atoms with Crippen LogP contribution in [-0.2, 0) is 9.59 Å². The molecule has 0 aromatic heterocycles. The Labute approximate surface area is 82.7 Å². The summed E-state index contributed by atoms with van der Waals surface area (Å²) in [6, 6.07) is -0.739. The lowest BCUT2D eigenvalue weighted by molar-refractivity contribution is -0.151. The van der Waals surface area contributed by atoms with Crippen molar-refractivity contribution in [3.63, 3.8) is 0 Å². The van der Waals surface area contributed by atoms with E-state index in [9.17, 15) is 9.59 Å². The smallest absolute Gasteiger partial charge is 0.331 e. The quantitative estimate of drug-likeness (QED) is 0.534. The number of carbonyl (C=O) groups excluding carboxylic acids is 1. The van der Waals surface area contributed by atoms with E-state index in [0.29, 0.717) is 13.0 Å². The van der Waals surface area contributed by atoms with Crippen LogP contribution in [0, 0.1) is 0 Å². The fourth-order valence-electron chi connectivity index (χ4n) is 1.79. The van der Waals surface area contributed by atoms with Crippen molar-refractivity contribution < 1.29 is 14.7 Å². The third-order valence-electron chi connectivity index (χ3n) is 2.60. The van der Waals surface area contributed by atoms with Gasteiger partial charge in [-0.2, -0.15) is 0 Å². The first-order chi connectivity index (χ1) is 6.50. The van der Waals surface area contributed by atoms with Gasteiger partial charge in [0.1, 0.15) is 0 Å². The molecule has 14 heavy (non-hydrogen) atoms. The van der Waals surface area contributed by atoms with Gasteiger partial charge in [-0.1, -0.05) is 0 Å². The maximum atomic E-state index is 11.7. The minimum atomic E-state index is -1.44. The highest BCUT2D eigenvalue weighted by Gasteiger charge is 2.47. The number of carbonyl (C=O) groups is 2. The van der Waals surface area contributed by atoms with E-state index in [0.717, 1.165) is 12.8 Å². The Bertz CT molecular complexity index is 244. The van der Waals surface area contributed by atoms with Crippen LogP contribution < -0.4 is 11.1 Å². The fourth-order valence-corrected chi connectivity index (χ4v) is 1.79. The van der Waals surface area contributed by atoms with Gasteiger partial charge in [0.2, 0.25) is 0 Å². The lowest BCUT2D eigenvalue weighted by Crippen LogP contribution is -2.63. The monoisotopic (exact) mass is 200 g/mol. The number of nitrogens with two attached hydrogens (primary N) is 1. The first kappa shape index (κ1) is 11.1. The van der Waals surface area contributed by atoms with Gasteiger partial charge in [-0.25, -0.2) is 4.79 Å². The molecule has 5 nitrogen and oxygen atoms in total. The summed E-state index contributed by atoms with van der Waals surface area (Å²) in [4.78, 5) is 22.8. The topological polar surface area (TPSA) is 92.4 Å². The zero-order chi connectivity index (χ0) is 10.8. The van der Waals surface area contributed by atoms with Gasteiger partial charge in [-0.3, -0.25) is 10.1 Å². The lowest BCUT2D eigenvalue weighted by atomic mass is 9.82. The Hall–Kier alpha value is -0.940. The second-order valence-corrected chi connectivity index (χ2v) is 3.75. The summed E-state index contributed by atoms with van der Waals surface area (Å²) in [5.41, 5.74) is 4.00. The van der Waals surface area contributed by atoms with Gasteiger partial charge in [0, 0.05) is 0 Å². The Kier molecular flexibility index (Phi) is 3.23. The zero-order valence-corrected chi connectivity index (χ0v) is 8.25. The van der Waals surface area contributed by atoms with Crippen LogP contribution in [0.2, 0.25) is 0 Å². The second-order valence-electron chi connectivity index (χ2n) is 3.75. The molecule has 0 aromatic rings. The van der Waals surface area contributed by atoms with E-state index in [2.05, 4.69) is 5.32 Å². The van der Waals surface area contributed by atoms with Crippen LogP contribution in [0.1, 0.15) is 26.2 Å². The third kappa shape index (κ3) is 1.78. The van der Waals surface area contributed by atoms with Crippen molar-refractivity contribution in [3.05, 3.63) is 0 Å². The van der Waals surface area contributed by atoms with Crippen molar-refractivity contribution in [1.82, 2.24) is 5.32 Å². The van der Waals surface area contributed by atoms with Crippen molar-refractivity contribution in [1.29, 1.82) is 0 Å². The molecular formula is C9H16N2O3. The Morgan fingerprint density at radius 3 is 2.50 bits per heavy atom. The number of Topliss-reactive ketones (excluding diaryl/α,β-unsaturated/α-hetero) is 1. The highest BCUT2D eigenvalue weighted by Crippen LogP contribution is 2.21. The van der Waals surface area contributed by atoms with Crippen LogP contribution in [0.3, 0.4) is 0 Å². The second kappa shape index (κ2) is 4.06. The normalized spacial score (nSPS) is 29.6. The van der Waals surface area contributed by atoms with Crippen molar-refractivity contribution in [3.8, 4) is 0 Å². The van der Waals surface area contributed by atoms with Crippen molar-refractivity contribution >= 4 is 11.8 Å². The van der Waals surface area contributed by atoms with Crippen LogP contribution >= 0.6 is 0 Å². The number of aliphatic carboxylic acids is 1. The SMILES string of the molecule is C[C@H](N)C(=O)C1(C(=O)O)CCCCN1. The number of hydrogen-bond donors (Lipinski definition) is 3. The maximum Gasteiger partial charge on any atom is 0.331 e. The molecule has 1 saturated heterocycles. The van der Waals surface area contributed by atoms with Crippen molar-refractivity contribution in [2.45, 2.75) is 37.8 Å². The zero-order valence-electron chi connectivity index (χ0n) is 8.25.